The van der Waals surface area contributed by atoms with Gasteiger partial charge in [0.15, 0.2) is 0 Å². The van der Waals surface area contributed by atoms with Crippen LogP contribution in [-0.2, 0) is 4.79 Å². The Kier molecular flexibility index (Phi) is 8.38. The fourth-order valence-corrected chi connectivity index (χ4v) is 2.74. The SMILES string of the molecule is CNCCC(=O)NC(C)C(c1ccccc1)c1ccccc1.Cl. The minimum atomic E-state index is 0. The fraction of sp³-hybridized carbons (Fsp3) is 0.316. The van der Waals surface area contributed by atoms with Crippen molar-refractivity contribution < 1.29 is 4.79 Å². The van der Waals surface area contributed by atoms with Crippen molar-refractivity contribution in [2.24, 2.45) is 0 Å². The molecule has 1 atom stereocenters. The van der Waals surface area contributed by atoms with Crippen molar-refractivity contribution in [3.05, 3.63) is 71.8 Å². The van der Waals surface area contributed by atoms with Gasteiger partial charge >= 0.3 is 0 Å². The Bertz CT molecular complexity index is 535. The molecule has 2 aromatic carbocycles. The smallest absolute Gasteiger partial charge is 0.221 e. The average Bonchev–Trinajstić information content (AvgIpc) is 2.55. The van der Waals surface area contributed by atoms with Crippen molar-refractivity contribution in [3.8, 4) is 0 Å². The van der Waals surface area contributed by atoms with Crippen molar-refractivity contribution in [1.82, 2.24) is 10.6 Å². The van der Waals surface area contributed by atoms with Gasteiger partial charge in [0.2, 0.25) is 5.91 Å². The summed E-state index contributed by atoms with van der Waals surface area (Å²) in [5.41, 5.74) is 2.44. The Morgan fingerprint density at radius 1 is 0.957 bits per heavy atom. The number of benzene rings is 2. The first-order valence-corrected chi connectivity index (χ1v) is 7.76. The highest BCUT2D eigenvalue weighted by Gasteiger charge is 2.22. The first kappa shape index (κ1) is 19.2. The molecule has 0 aromatic heterocycles. The lowest BCUT2D eigenvalue weighted by atomic mass is 9.86. The molecule has 0 saturated carbocycles. The predicted octanol–water partition coefficient (Wildman–Crippen LogP) is 3.35. The number of hydrogen-bond donors (Lipinski definition) is 2. The van der Waals surface area contributed by atoms with Crippen LogP contribution in [0.15, 0.2) is 60.7 Å². The Morgan fingerprint density at radius 2 is 1.43 bits per heavy atom. The van der Waals surface area contributed by atoms with Gasteiger partial charge in [-0.15, -0.1) is 12.4 Å². The summed E-state index contributed by atoms with van der Waals surface area (Å²) in [5, 5.41) is 6.14. The summed E-state index contributed by atoms with van der Waals surface area (Å²) in [7, 11) is 1.85. The van der Waals surface area contributed by atoms with Crippen LogP contribution in [0.2, 0.25) is 0 Å². The molecule has 0 spiro atoms. The van der Waals surface area contributed by atoms with Crippen molar-refractivity contribution >= 4 is 18.3 Å². The molecular weight excluding hydrogens is 308 g/mol. The molecule has 0 saturated heterocycles. The highest BCUT2D eigenvalue weighted by atomic mass is 35.5. The zero-order valence-electron chi connectivity index (χ0n) is 13.7. The van der Waals surface area contributed by atoms with E-state index < -0.39 is 0 Å². The third-order valence-corrected chi connectivity index (χ3v) is 3.81. The number of hydrogen-bond acceptors (Lipinski definition) is 2. The molecule has 124 valence electrons. The number of amides is 1. The molecule has 23 heavy (non-hydrogen) atoms. The molecule has 2 N–H and O–H groups in total. The van der Waals surface area contributed by atoms with Gasteiger partial charge in [0.1, 0.15) is 0 Å². The topological polar surface area (TPSA) is 41.1 Å². The first-order chi connectivity index (χ1) is 10.7. The first-order valence-electron chi connectivity index (χ1n) is 7.76. The fourth-order valence-electron chi connectivity index (χ4n) is 2.74. The maximum Gasteiger partial charge on any atom is 0.221 e. The zero-order valence-corrected chi connectivity index (χ0v) is 14.5. The maximum absolute atomic E-state index is 12.0. The van der Waals surface area contributed by atoms with E-state index in [1.54, 1.807) is 0 Å². The van der Waals surface area contributed by atoms with Crippen molar-refractivity contribution in [2.75, 3.05) is 13.6 Å². The van der Waals surface area contributed by atoms with E-state index in [0.717, 1.165) is 0 Å². The van der Waals surface area contributed by atoms with Gasteiger partial charge in [-0.05, 0) is 25.1 Å². The summed E-state index contributed by atoms with van der Waals surface area (Å²) in [4.78, 5) is 12.0. The van der Waals surface area contributed by atoms with Gasteiger partial charge in [0.05, 0.1) is 0 Å². The molecule has 4 heteroatoms. The third kappa shape index (κ3) is 5.70. The quantitative estimate of drug-likeness (QED) is 0.816. The van der Waals surface area contributed by atoms with Crippen LogP contribution >= 0.6 is 12.4 Å². The second kappa shape index (κ2) is 10.0. The van der Waals surface area contributed by atoms with Gasteiger partial charge in [-0.25, -0.2) is 0 Å². The minimum absolute atomic E-state index is 0. The lowest BCUT2D eigenvalue weighted by Crippen LogP contribution is -2.38. The van der Waals surface area contributed by atoms with Crippen LogP contribution in [0.3, 0.4) is 0 Å². The van der Waals surface area contributed by atoms with Gasteiger partial charge in [-0.1, -0.05) is 60.7 Å². The summed E-state index contributed by atoms with van der Waals surface area (Å²) in [6.07, 6.45) is 0.497. The lowest BCUT2D eigenvalue weighted by Gasteiger charge is -2.26. The molecule has 1 amide bonds. The van der Waals surface area contributed by atoms with E-state index >= 15 is 0 Å². The van der Waals surface area contributed by atoms with E-state index in [1.165, 1.54) is 11.1 Å². The van der Waals surface area contributed by atoms with Crippen LogP contribution in [0.5, 0.6) is 0 Å². The normalized spacial score (nSPS) is 11.6. The molecule has 0 aliphatic carbocycles. The zero-order chi connectivity index (χ0) is 15.8. The summed E-state index contributed by atoms with van der Waals surface area (Å²) >= 11 is 0. The van der Waals surface area contributed by atoms with Gasteiger partial charge in [-0.2, -0.15) is 0 Å². The highest BCUT2D eigenvalue weighted by Crippen LogP contribution is 2.27. The molecule has 1 unspecified atom stereocenters. The summed E-state index contributed by atoms with van der Waals surface area (Å²) in [6.45, 7) is 2.77. The third-order valence-electron chi connectivity index (χ3n) is 3.81. The maximum atomic E-state index is 12.0. The van der Waals surface area contributed by atoms with E-state index in [0.29, 0.717) is 13.0 Å². The molecule has 2 rings (SSSR count). The Hall–Kier alpha value is -1.84. The number of carbonyl (C=O) groups is 1. The van der Waals surface area contributed by atoms with E-state index in [2.05, 4.69) is 41.8 Å². The van der Waals surface area contributed by atoms with Crippen LogP contribution in [0.25, 0.3) is 0 Å². The summed E-state index contributed by atoms with van der Waals surface area (Å²) in [5.74, 6) is 0.236. The minimum Gasteiger partial charge on any atom is -0.353 e. The van der Waals surface area contributed by atoms with Crippen LogP contribution in [0.1, 0.15) is 30.4 Å². The molecular formula is C19H25ClN2O. The highest BCUT2D eigenvalue weighted by molar-refractivity contribution is 5.85. The standard InChI is InChI=1S/C19H24N2O.ClH/c1-15(21-18(22)13-14-20-2)19(16-9-5-3-6-10-16)17-11-7-4-8-12-17;/h3-12,15,19-20H,13-14H2,1-2H3,(H,21,22);1H. The van der Waals surface area contributed by atoms with E-state index in [1.807, 2.05) is 43.4 Å². The Morgan fingerprint density at radius 3 is 1.87 bits per heavy atom. The molecule has 0 bridgehead atoms. The van der Waals surface area contributed by atoms with E-state index in [-0.39, 0.29) is 30.3 Å². The summed E-state index contributed by atoms with van der Waals surface area (Å²) < 4.78 is 0. The molecule has 0 radical (unpaired) electrons. The Labute approximate surface area is 144 Å². The molecule has 0 aliphatic rings. The molecule has 0 heterocycles. The summed E-state index contributed by atoms with van der Waals surface area (Å²) in [6, 6.07) is 20.7. The van der Waals surface area contributed by atoms with E-state index in [9.17, 15) is 4.79 Å². The average molecular weight is 333 g/mol. The molecule has 0 fully saturated rings. The van der Waals surface area contributed by atoms with Crippen LogP contribution < -0.4 is 10.6 Å². The van der Waals surface area contributed by atoms with Gasteiger partial charge in [0.25, 0.3) is 0 Å². The molecule has 0 aliphatic heterocycles. The number of carbonyl (C=O) groups excluding carboxylic acids is 1. The number of nitrogens with one attached hydrogen (secondary N) is 2. The van der Waals surface area contributed by atoms with Gasteiger partial charge in [0, 0.05) is 24.9 Å². The van der Waals surface area contributed by atoms with E-state index in [4.69, 9.17) is 0 Å². The number of halogens is 1. The van der Waals surface area contributed by atoms with Crippen LogP contribution in [0.4, 0.5) is 0 Å². The second-order valence-electron chi connectivity index (χ2n) is 5.51. The second-order valence-corrected chi connectivity index (χ2v) is 5.51. The van der Waals surface area contributed by atoms with Crippen LogP contribution in [0, 0.1) is 0 Å². The lowest BCUT2D eigenvalue weighted by molar-refractivity contribution is -0.121. The predicted molar refractivity (Wildman–Crippen MR) is 98.1 cm³/mol. The van der Waals surface area contributed by atoms with Crippen LogP contribution in [-0.4, -0.2) is 25.5 Å². The van der Waals surface area contributed by atoms with Crippen molar-refractivity contribution in [3.63, 3.8) is 0 Å². The van der Waals surface area contributed by atoms with Gasteiger partial charge in [-0.3, -0.25) is 4.79 Å². The largest absolute Gasteiger partial charge is 0.353 e. The number of rotatable bonds is 7. The van der Waals surface area contributed by atoms with Crippen molar-refractivity contribution in [2.45, 2.75) is 25.3 Å². The van der Waals surface area contributed by atoms with Gasteiger partial charge < -0.3 is 10.6 Å². The Balaban J connectivity index is 0.00000264. The van der Waals surface area contributed by atoms with Crippen molar-refractivity contribution in [1.29, 1.82) is 0 Å². The molecule has 2 aromatic rings. The monoisotopic (exact) mass is 332 g/mol. The molecule has 3 nitrogen and oxygen atoms in total.